The Kier molecular flexibility index (Phi) is 7.65. The summed E-state index contributed by atoms with van der Waals surface area (Å²) < 4.78 is 11.2. The number of benzene rings is 1. The fourth-order valence-corrected chi connectivity index (χ4v) is 1.54. The highest BCUT2D eigenvalue weighted by atomic mass is 16.5. The molecule has 0 aromatic heterocycles. The Morgan fingerprint density at radius 1 is 1.06 bits per heavy atom. The van der Waals surface area contributed by atoms with Crippen molar-refractivity contribution in [2.24, 2.45) is 0 Å². The van der Waals surface area contributed by atoms with E-state index in [0.29, 0.717) is 26.2 Å². The summed E-state index contributed by atoms with van der Waals surface area (Å²) in [7, 11) is 0. The average molecular weight is 252 g/mol. The molecule has 0 saturated carbocycles. The lowest BCUT2D eigenvalue weighted by Crippen LogP contribution is -2.15. The third-order valence-corrected chi connectivity index (χ3v) is 2.72. The van der Waals surface area contributed by atoms with Crippen LogP contribution in [-0.2, 0) is 16.1 Å². The molecule has 1 aromatic rings. The smallest absolute Gasteiger partial charge is 0.0716 e. The molecule has 1 unspecified atom stereocenters. The Hall–Kier alpha value is -0.900. The van der Waals surface area contributed by atoms with Crippen LogP contribution < -0.4 is 0 Å². The summed E-state index contributed by atoms with van der Waals surface area (Å²) in [4.78, 5) is 0. The van der Waals surface area contributed by atoms with Gasteiger partial charge in [-0.15, -0.1) is 0 Å². The molecule has 102 valence electrons. The van der Waals surface area contributed by atoms with Gasteiger partial charge in [-0.05, 0) is 32.3 Å². The molecular weight excluding hydrogens is 228 g/mol. The van der Waals surface area contributed by atoms with Gasteiger partial charge in [0.05, 0.1) is 18.8 Å². The van der Waals surface area contributed by atoms with E-state index >= 15 is 0 Å². The third-order valence-electron chi connectivity index (χ3n) is 2.72. The Labute approximate surface area is 110 Å². The second-order valence-corrected chi connectivity index (χ2v) is 4.65. The van der Waals surface area contributed by atoms with Gasteiger partial charge in [0.2, 0.25) is 0 Å². The number of hydrogen-bond acceptors (Lipinski definition) is 3. The van der Waals surface area contributed by atoms with Crippen molar-refractivity contribution in [2.45, 2.75) is 45.5 Å². The molecule has 0 spiro atoms. The molecule has 3 nitrogen and oxygen atoms in total. The Morgan fingerprint density at radius 3 is 2.44 bits per heavy atom. The molecule has 0 radical (unpaired) electrons. The first-order valence-electron chi connectivity index (χ1n) is 6.60. The zero-order valence-corrected chi connectivity index (χ0v) is 11.3. The minimum Gasteiger partial charge on any atom is -0.393 e. The van der Waals surface area contributed by atoms with Crippen LogP contribution in [0.4, 0.5) is 0 Å². The molecule has 0 bridgehead atoms. The predicted molar refractivity (Wildman–Crippen MR) is 72.4 cm³/mol. The van der Waals surface area contributed by atoms with Gasteiger partial charge in [-0.3, -0.25) is 0 Å². The highest BCUT2D eigenvalue weighted by Crippen LogP contribution is 2.04. The van der Waals surface area contributed by atoms with Crippen molar-refractivity contribution >= 4 is 0 Å². The first-order valence-corrected chi connectivity index (χ1v) is 6.60. The summed E-state index contributed by atoms with van der Waals surface area (Å²) in [6.45, 7) is 5.77. The summed E-state index contributed by atoms with van der Waals surface area (Å²) in [5.41, 5.74) is 1.19. The fraction of sp³-hybridized carbons (Fsp3) is 0.600. The topological polar surface area (TPSA) is 38.7 Å². The van der Waals surface area contributed by atoms with Crippen LogP contribution in [0.15, 0.2) is 30.3 Å². The molecule has 0 fully saturated rings. The molecule has 0 aliphatic carbocycles. The predicted octanol–water partition coefficient (Wildman–Crippen LogP) is 2.77. The maximum absolute atomic E-state index is 9.10. The molecule has 0 aliphatic rings. The van der Waals surface area contributed by atoms with E-state index < -0.39 is 0 Å². The first-order chi connectivity index (χ1) is 8.68. The summed E-state index contributed by atoms with van der Waals surface area (Å²) in [5.74, 6) is 0. The summed E-state index contributed by atoms with van der Waals surface area (Å²) in [6, 6.07) is 10.1. The molecule has 2 atom stereocenters. The summed E-state index contributed by atoms with van der Waals surface area (Å²) in [6.07, 6.45) is 1.47. The number of ether oxygens (including phenoxy) is 2. The molecule has 18 heavy (non-hydrogen) atoms. The molecule has 3 heteroatoms. The standard InChI is InChI=1S/C15H24O3/c1-13(16)8-11-18-14(2)9-10-17-12-15-6-4-3-5-7-15/h3-7,13-14,16H,8-12H2,1-2H3/t13-,14?/m0/s1. The van der Waals surface area contributed by atoms with Crippen molar-refractivity contribution in [1.29, 1.82) is 0 Å². The third kappa shape index (κ3) is 7.43. The van der Waals surface area contributed by atoms with Crippen molar-refractivity contribution in [2.75, 3.05) is 13.2 Å². The second kappa shape index (κ2) is 9.09. The van der Waals surface area contributed by atoms with Crippen molar-refractivity contribution < 1.29 is 14.6 Å². The lowest BCUT2D eigenvalue weighted by molar-refractivity contribution is 0.0147. The van der Waals surface area contributed by atoms with Crippen LogP contribution in [0.2, 0.25) is 0 Å². The normalized spacial score (nSPS) is 14.4. The van der Waals surface area contributed by atoms with E-state index in [1.54, 1.807) is 6.92 Å². The van der Waals surface area contributed by atoms with Gasteiger partial charge in [0.25, 0.3) is 0 Å². The van der Waals surface area contributed by atoms with E-state index in [4.69, 9.17) is 14.6 Å². The Bertz CT molecular complexity index is 298. The number of rotatable bonds is 9. The van der Waals surface area contributed by atoms with E-state index in [-0.39, 0.29) is 12.2 Å². The SMILES string of the molecule is CC(CCOCc1ccccc1)OCC[C@H](C)O. The van der Waals surface area contributed by atoms with E-state index in [1.165, 1.54) is 5.56 Å². The largest absolute Gasteiger partial charge is 0.393 e. The van der Waals surface area contributed by atoms with E-state index in [1.807, 2.05) is 25.1 Å². The minimum absolute atomic E-state index is 0.180. The molecule has 0 heterocycles. The van der Waals surface area contributed by atoms with E-state index in [2.05, 4.69) is 12.1 Å². The van der Waals surface area contributed by atoms with Crippen LogP contribution in [0.5, 0.6) is 0 Å². The van der Waals surface area contributed by atoms with Gasteiger partial charge in [0, 0.05) is 13.2 Å². The molecule has 1 rings (SSSR count). The van der Waals surface area contributed by atoms with Crippen molar-refractivity contribution in [1.82, 2.24) is 0 Å². The van der Waals surface area contributed by atoms with Crippen molar-refractivity contribution in [3.8, 4) is 0 Å². The van der Waals surface area contributed by atoms with Gasteiger partial charge < -0.3 is 14.6 Å². The second-order valence-electron chi connectivity index (χ2n) is 4.65. The quantitative estimate of drug-likeness (QED) is 0.687. The van der Waals surface area contributed by atoms with Crippen LogP contribution in [0.25, 0.3) is 0 Å². The minimum atomic E-state index is -0.286. The van der Waals surface area contributed by atoms with Gasteiger partial charge in [-0.2, -0.15) is 0 Å². The first kappa shape index (κ1) is 15.2. The molecule has 0 amide bonds. The van der Waals surface area contributed by atoms with Gasteiger partial charge in [-0.1, -0.05) is 30.3 Å². The zero-order chi connectivity index (χ0) is 13.2. The average Bonchev–Trinajstić information content (AvgIpc) is 2.35. The number of aliphatic hydroxyl groups is 1. The van der Waals surface area contributed by atoms with Crippen LogP contribution in [-0.4, -0.2) is 30.5 Å². The molecule has 1 aromatic carbocycles. The number of hydrogen-bond donors (Lipinski definition) is 1. The lowest BCUT2D eigenvalue weighted by atomic mass is 10.2. The maximum Gasteiger partial charge on any atom is 0.0716 e. The van der Waals surface area contributed by atoms with Crippen molar-refractivity contribution in [3.05, 3.63) is 35.9 Å². The van der Waals surface area contributed by atoms with Crippen LogP contribution >= 0.6 is 0 Å². The molecule has 0 saturated heterocycles. The summed E-state index contributed by atoms with van der Waals surface area (Å²) >= 11 is 0. The van der Waals surface area contributed by atoms with Gasteiger partial charge >= 0.3 is 0 Å². The highest BCUT2D eigenvalue weighted by molar-refractivity contribution is 5.13. The van der Waals surface area contributed by atoms with Crippen LogP contribution in [0.3, 0.4) is 0 Å². The molecule has 0 aliphatic heterocycles. The van der Waals surface area contributed by atoms with Crippen molar-refractivity contribution in [3.63, 3.8) is 0 Å². The van der Waals surface area contributed by atoms with E-state index in [9.17, 15) is 0 Å². The zero-order valence-electron chi connectivity index (χ0n) is 11.3. The van der Waals surface area contributed by atoms with Gasteiger partial charge in [0.15, 0.2) is 0 Å². The van der Waals surface area contributed by atoms with E-state index in [0.717, 1.165) is 6.42 Å². The fourth-order valence-electron chi connectivity index (χ4n) is 1.54. The summed E-state index contributed by atoms with van der Waals surface area (Å²) in [5, 5.41) is 9.10. The van der Waals surface area contributed by atoms with Crippen LogP contribution in [0.1, 0.15) is 32.3 Å². The lowest BCUT2D eigenvalue weighted by Gasteiger charge is -2.14. The monoisotopic (exact) mass is 252 g/mol. The van der Waals surface area contributed by atoms with Gasteiger partial charge in [0.1, 0.15) is 0 Å². The van der Waals surface area contributed by atoms with Gasteiger partial charge in [-0.25, -0.2) is 0 Å². The highest BCUT2D eigenvalue weighted by Gasteiger charge is 2.03. The maximum atomic E-state index is 9.10. The molecule has 1 N–H and O–H groups in total. The van der Waals surface area contributed by atoms with Crippen LogP contribution in [0, 0.1) is 0 Å². The molecular formula is C15H24O3. The Balaban J connectivity index is 2.00. The number of aliphatic hydroxyl groups excluding tert-OH is 1. The Morgan fingerprint density at radius 2 is 1.78 bits per heavy atom.